The number of carbonyl (C=O) groups excluding carboxylic acids is 2. The molecule has 3 rings (SSSR count). The molecule has 0 heterocycles. The molecule has 0 aliphatic carbocycles. The third-order valence-corrected chi connectivity index (χ3v) is 4.31. The molecular weight excluding hydrogens is 366 g/mol. The molecule has 0 aliphatic rings. The number of aryl methyl sites for hydroxylation is 1. The van der Waals surface area contributed by atoms with Crippen LogP contribution in [-0.4, -0.2) is 18.0 Å². The predicted octanol–water partition coefficient (Wildman–Crippen LogP) is 4.76. The Balaban J connectivity index is 1.63. The molecule has 0 fully saturated rings. The van der Waals surface area contributed by atoms with E-state index in [1.807, 2.05) is 61.5 Å². The Kier molecular flexibility index (Phi) is 6.63. The fourth-order valence-corrected chi connectivity index (χ4v) is 2.77. The predicted molar refractivity (Wildman–Crippen MR) is 112 cm³/mol. The Labute approximate surface area is 170 Å². The number of esters is 1. The van der Waals surface area contributed by atoms with Crippen LogP contribution in [0.3, 0.4) is 0 Å². The Morgan fingerprint density at radius 1 is 0.931 bits per heavy atom. The largest absolute Gasteiger partial charge is 0.489 e. The lowest BCUT2D eigenvalue weighted by atomic mass is 10.1. The van der Waals surface area contributed by atoms with Gasteiger partial charge in [0.2, 0.25) is 0 Å². The Bertz CT molecular complexity index is 985. The van der Waals surface area contributed by atoms with E-state index in [4.69, 9.17) is 9.47 Å². The van der Waals surface area contributed by atoms with Crippen LogP contribution in [0.4, 0.5) is 5.69 Å². The van der Waals surface area contributed by atoms with E-state index in [-0.39, 0.29) is 12.5 Å². The number of nitrogens with one attached hydrogen (secondary N) is 1. The molecule has 0 aromatic heterocycles. The average molecular weight is 389 g/mol. The molecule has 3 aromatic rings. The summed E-state index contributed by atoms with van der Waals surface area (Å²) < 4.78 is 11.1. The zero-order valence-corrected chi connectivity index (χ0v) is 16.4. The minimum Gasteiger partial charge on any atom is -0.489 e. The molecule has 0 saturated heterocycles. The number of ether oxygens (including phenoxy) is 2. The second kappa shape index (κ2) is 9.55. The summed E-state index contributed by atoms with van der Waals surface area (Å²) in [5.74, 6) is -0.243. The smallest absolute Gasteiger partial charge is 0.339 e. The average Bonchev–Trinajstić information content (AvgIpc) is 2.73. The van der Waals surface area contributed by atoms with E-state index in [0.717, 1.165) is 5.56 Å². The monoisotopic (exact) mass is 389 g/mol. The zero-order valence-electron chi connectivity index (χ0n) is 16.4. The summed E-state index contributed by atoms with van der Waals surface area (Å²) in [6.07, 6.45) is -0.939. The standard InChI is InChI=1S/C24H23NO4/c1-17-9-8-11-20(15-17)25-23(26)18(2)29-24(27)22-14-7-6-10-19(22)16-28-21-12-4-3-5-13-21/h3-15,18H,16H2,1-2H3,(H,25,26). The quantitative estimate of drug-likeness (QED) is 0.592. The van der Waals surface area contributed by atoms with Crippen molar-refractivity contribution < 1.29 is 19.1 Å². The van der Waals surface area contributed by atoms with Crippen molar-refractivity contribution in [2.24, 2.45) is 0 Å². The highest BCUT2D eigenvalue weighted by molar-refractivity contribution is 5.97. The van der Waals surface area contributed by atoms with Crippen LogP contribution in [0.15, 0.2) is 78.9 Å². The van der Waals surface area contributed by atoms with Crippen molar-refractivity contribution in [2.45, 2.75) is 26.6 Å². The van der Waals surface area contributed by atoms with E-state index in [1.165, 1.54) is 0 Å². The lowest BCUT2D eigenvalue weighted by Crippen LogP contribution is -2.30. The van der Waals surface area contributed by atoms with Crippen LogP contribution in [0.5, 0.6) is 5.75 Å². The molecule has 3 aromatic carbocycles. The first-order valence-electron chi connectivity index (χ1n) is 9.37. The Morgan fingerprint density at radius 2 is 1.66 bits per heavy atom. The van der Waals surface area contributed by atoms with Gasteiger partial charge in [-0.1, -0.05) is 48.5 Å². The number of hydrogen-bond acceptors (Lipinski definition) is 4. The van der Waals surface area contributed by atoms with Gasteiger partial charge in [-0.25, -0.2) is 4.79 Å². The molecule has 1 unspecified atom stereocenters. The van der Waals surface area contributed by atoms with Gasteiger partial charge in [0, 0.05) is 11.3 Å². The topological polar surface area (TPSA) is 64.6 Å². The van der Waals surface area contributed by atoms with Gasteiger partial charge in [0.05, 0.1) is 5.56 Å². The lowest BCUT2D eigenvalue weighted by Gasteiger charge is -2.15. The molecule has 5 nitrogen and oxygen atoms in total. The lowest BCUT2D eigenvalue weighted by molar-refractivity contribution is -0.123. The van der Waals surface area contributed by atoms with Crippen molar-refractivity contribution >= 4 is 17.6 Å². The minimum absolute atomic E-state index is 0.221. The van der Waals surface area contributed by atoms with E-state index >= 15 is 0 Å². The third kappa shape index (κ3) is 5.69. The Hall–Kier alpha value is -3.60. The maximum Gasteiger partial charge on any atom is 0.339 e. The van der Waals surface area contributed by atoms with Gasteiger partial charge in [-0.05, 0) is 49.7 Å². The van der Waals surface area contributed by atoms with E-state index in [9.17, 15) is 9.59 Å². The molecule has 0 saturated carbocycles. The molecule has 0 aliphatic heterocycles. The summed E-state index contributed by atoms with van der Waals surface area (Å²) >= 11 is 0. The van der Waals surface area contributed by atoms with E-state index in [2.05, 4.69) is 5.32 Å². The van der Waals surface area contributed by atoms with Crippen molar-refractivity contribution in [3.05, 3.63) is 95.6 Å². The normalized spacial score (nSPS) is 11.4. The van der Waals surface area contributed by atoms with Crippen LogP contribution in [0.2, 0.25) is 0 Å². The molecule has 0 spiro atoms. The number of benzene rings is 3. The molecule has 148 valence electrons. The maximum atomic E-state index is 12.6. The van der Waals surface area contributed by atoms with Crippen LogP contribution < -0.4 is 10.1 Å². The number of carbonyl (C=O) groups is 2. The molecule has 0 radical (unpaired) electrons. The summed E-state index contributed by atoms with van der Waals surface area (Å²) in [6.45, 7) is 3.71. The first-order valence-corrected chi connectivity index (χ1v) is 9.37. The molecule has 29 heavy (non-hydrogen) atoms. The van der Waals surface area contributed by atoms with Crippen LogP contribution in [-0.2, 0) is 16.1 Å². The van der Waals surface area contributed by atoms with Gasteiger partial charge >= 0.3 is 5.97 Å². The van der Waals surface area contributed by atoms with Crippen molar-refractivity contribution in [3.8, 4) is 5.75 Å². The molecule has 1 N–H and O–H groups in total. The number of anilines is 1. The molecule has 0 bridgehead atoms. The zero-order chi connectivity index (χ0) is 20.6. The van der Waals surface area contributed by atoms with Crippen molar-refractivity contribution in [3.63, 3.8) is 0 Å². The number of rotatable bonds is 7. The highest BCUT2D eigenvalue weighted by Gasteiger charge is 2.21. The first-order chi connectivity index (χ1) is 14.0. The first kappa shape index (κ1) is 20.1. The SMILES string of the molecule is Cc1cccc(NC(=O)C(C)OC(=O)c2ccccc2COc2ccccc2)c1. The highest BCUT2D eigenvalue weighted by Crippen LogP contribution is 2.17. The maximum absolute atomic E-state index is 12.6. The third-order valence-electron chi connectivity index (χ3n) is 4.31. The summed E-state index contributed by atoms with van der Waals surface area (Å²) in [6, 6.07) is 23.8. The molecule has 5 heteroatoms. The molecular formula is C24H23NO4. The number of amides is 1. The van der Waals surface area contributed by atoms with E-state index < -0.39 is 12.1 Å². The van der Waals surface area contributed by atoms with Crippen molar-refractivity contribution in [2.75, 3.05) is 5.32 Å². The van der Waals surface area contributed by atoms with Gasteiger partial charge in [-0.15, -0.1) is 0 Å². The molecule has 1 atom stereocenters. The fraction of sp³-hybridized carbons (Fsp3) is 0.167. The van der Waals surface area contributed by atoms with E-state index in [1.54, 1.807) is 31.2 Å². The van der Waals surface area contributed by atoms with E-state index in [0.29, 0.717) is 22.6 Å². The highest BCUT2D eigenvalue weighted by atomic mass is 16.5. The van der Waals surface area contributed by atoms with Crippen LogP contribution in [0.25, 0.3) is 0 Å². The fourth-order valence-electron chi connectivity index (χ4n) is 2.77. The molecule has 1 amide bonds. The summed E-state index contributed by atoms with van der Waals surface area (Å²) in [5.41, 5.74) is 2.75. The van der Waals surface area contributed by atoms with Crippen LogP contribution >= 0.6 is 0 Å². The van der Waals surface area contributed by atoms with Crippen LogP contribution in [0.1, 0.15) is 28.4 Å². The second-order valence-electron chi connectivity index (χ2n) is 6.67. The summed E-state index contributed by atoms with van der Waals surface area (Å²) in [7, 11) is 0. The minimum atomic E-state index is -0.939. The van der Waals surface area contributed by atoms with Gasteiger partial charge in [0.1, 0.15) is 12.4 Å². The van der Waals surface area contributed by atoms with Gasteiger partial charge in [0.15, 0.2) is 6.10 Å². The second-order valence-corrected chi connectivity index (χ2v) is 6.67. The van der Waals surface area contributed by atoms with Crippen molar-refractivity contribution in [1.82, 2.24) is 0 Å². The van der Waals surface area contributed by atoms with Crippen molar-refractivity contribution in [1.29, 1.82) is 0 Å². The van der Waals surface area contributed by atoms with Crippen LogP contribution in [0, 0.1) is 6.92 Å². The van der Waals surface area contributed by atoms with Gasteiger partial charge in [0.25, 0.3) is 5.91 Å². The summed E-state index contributed by atoms with van der Waals surface area (Å²) in [5, 5.41) is 2.76. The summed E-state index contributed by atoms with van der Waals surface area (Å²) in [4.78, 5) is 25.0. The number of hydrogen-bond donors (Lipinski definition) is 1. The number of para-hydroxylation sites is 1. The van der Waals surface area contributed by atoms with Gasteiger partial charge in [-0.3, -0.25) is 4.79 Å². The van der Waals surface area contributed by atoms with Gasteiger partial charge in [-0.2, -0.15) is 0 Å². The Morgan fingerprint density at radius 3 is 2.41 bits per heavy atom. The van der Waals surface area contributed by atoms with Gasteiger partial charge < -0.3 is 14.8 Å².